The van der Waals surface area contributed by atoms with E-state index < -0.39 is 39.6 Å². The van der Waals surface area contributed by atoms with Crippen molar-refractivity contribution in [3.05, 3.63) is 51.7 Å². The minimum Gasteiger partial charge on any atom is -0.496 e. The molecule has 1 aromatic heterocycles. The Balaban J connectivity index is 2.68. The third kappa shape index (κ3) is 3.26. The summed E-state index contributed by atoms with van der Waals surface area (Å²) in [4.78, 5) is 24.8. The summed E-state index contributed by atoms with van der Waals surface area (Å²) >= 11 is 0. The number of rotatable bonds is 4. The molecule has 1 N–H and O–H groups in total. The molecule has 0 saturated heterocycles. The summed E-state index contributed by atoms with van der Waals surface area (Å²) in [7, 11) is 1.07. The van der Waals surface area contributed by atoms with Gasteiger partial charge < -0.3 is 9.84 Å². The third-order valence-electron chi connectivity index (χ3n) is 3.09. The highest BCUT2D eigenvalue weighted by Gasteiger charge is 2.35. The second-order valence-corrected chi connectivity index (χ2v) is 4.56. The Morgan fingerprint density at radius 3 is 2.50 bits per heavy atom. The average molecular weight is 342 g/mol. The Labute approximate surface area is 132 Å². The van der Waals surface area contributed by atoms with Gasteiger partial charge in [-0.15, -0.1) is 0 Å². The monoisotopic (exact) mass is 342 g/mol. The van der Waals surface area contributed by atoms with Crippen molar-refractivity contribution >= 4 is 11.7 Å². The topological polar surface area (TPSA) is 103 Å². The first kappa shape index (κ1) is 17.2. The van der Waals surface area contributed by atoms with Gasteiger partial charge in [0.05, 0.1) is 28.9 Å². The molecule has 0 atom stereocenters. The minimum atomic E-state index is -4.73. The number of hydrogen-bond acceptors (Lipinski definition) is 5. The lowest BCUT2D eigenvalue weighted by atomic mass is 10.0. The number of methoxy groups -OCH3 is 1. The molecule has 0 radical (unpaired) electrons. The van der Waals surface area contributed by atoms with Crippen LogP contribution in [0, 0.1) is 10.1 Å². The van der Waals surface area contributed by atoms with Gasteiger partial charge in [-0.1, -0.05) is 0 Å². The lowest BCUT2D eigenvalue weighted by Gasteiger charge is -2.14. The van der Waals surface area contributed by atoms with Crippen molar-refractivity contribution in [2.75, 3.05) is 7.11 Å². The number of aromatic carboxylic acids is 1. The number of nitro groups is 1. The smallest absolute Gasteiger partial charge is 0.419 e. The largest absolute Gasteiger partial charge is 0.496 e. The van der Waals surface area contributed by atoms with Crippen LogP contribution < -0.4 is 4.74 Å². The van der Waals surface area contributed by atoms with E-state index in [4.69, 9.17) is 5.11 Å². The summed E-state index contributed by atoms with van der Waals surface area (Å²) in [6.45, 7) is 0. The van der Waals surface area contributed by atoms with Crippen molar-refractivity contribution in [1.29, 1.82) is 0 Å². The molecule has 0 aliphatic carbocycles. The molecule has 0 amide bonds. The summed E-state index contributed by atoms with van der Waals surface area (Å²) in [6.07, 6.45) is -3.95. The number of carboxylic acid groups (broad SMARTS) is 1. The molecule has 0 aliphatic rings. The molecular formula is C14H9F3N2O5. The van der Waals surface area contributed by atoms with E-state index in [0.29, 0.717) is 6.07 Å². The fourth-order valence-electron chi connectivity index (χ4n) is 2.02. The number of benzene rings is 1. The van der Waals surface area contributed by atoms with Crippen LogP contribution in [-0.2, 0) is 6.18 Å². The second-order valence-electron chi connectivity index (χ2n) is 4.56. The highest BCUT2D eigenvalue weighted by molar-refractivity contribution is 5.95. The van der Waals surface area contributed by atoms with E-state index in [9.17, 15) is 28.1 Å². The van der Waals surface area contributed by atoms with Gasteiger partial charge in [0.2, 0.25) is 0 Å². The average Bonchev–Trinajstić information content (AvgIpc) is 2.52. The molecule has 1 heterocycles. The third-order valence-corrected chi connectivity index (χ3v) is 3.09. The maximum absolute atomic E-state index is 13.1. The lowest BCUT2D eigenvalue weighted by Crippen LogP contribution is -2.09. The molecule has 0 bridgehead atoms. The van der Waals surface area contributed by atoms with Crippen molar-refractivity contribution in [3.8, 4) is 17.0 Å². The molecule has 7 nitrogen and oxygen atoms in total. The van der Waals surface area contributed by atoms with Crippen LogP contribution in [0.15, 0.2) is 30.5 Å². The normalized spacial score (nSPS) is 11.2. The van der Waals surface area contributed by atoms with Crippen LogP contribution >= 0.6 is 0 Å². The van der Waals surface area contributed by atoms with Crippen LogP contribution in [0.4, 0.5) is 18.9 Å². The maximum atomic E-state index is 13.1. The quantitative estimate of drug-likeness (QED) is 0.675. The molecular weight excluding hydrogens is 333 g/mol. The number of pyridine rings is 1. The zero-order chi connectivity index (χ0) is 18.1. The van der Waals surface area contributed by atoms with E-state index >= 15 is 0 Å². The first-order valence-corrected chi connectivity index (χ1v) is 6.28. The number of hydrogen-bond donors (Lipinski definition) is 1. The van der Waals surface area contributed by atoms with Gasteiger partial charge in [0.25, 0.3) is 5.69 Å². The van der Waals surface area contributed by atoms with Gasteiger partial charge in [-0.3, -0.25) is 10.1 Å². The zero-order valence-corrected chi connectivity index (χ0v) is 12.0. The standard InChI is InChI=1S/C14H9F3N2O5/c1-24-11-3-2-7(4-10(11)14(15,16)17)12-9(13(20)21)5-8(6-18-12)19(22)23/h2-6H,1H3,(H,20,21). The van der Waals surface area contributed by atoms with Gasteiger partial charge in [0.15, 0.2) is 0 Å². The molecule has 1 aromatic carbocycles. The molecule has 2 rings (SSSR count). The highest BCUT2D eigenvalue weighted by Crippen LogP contribution is 2.39. The number of carboxylic acids is 1. The van der Waals surface area contributed by atoms with E-state index in [1.54, 1.807) is 0 Å². The Bertz CT molecular complexity index is 821. The van der Waals surface area contributed by atoms with E-state index in [2.05, 4.69) is 9.72 Å². The Morgan fingerprint density at radius 2 is 2.00 bits per heavy atom. The summed E-state index contributed by atoms with van der Waals surface area (Å²) in [5, 5.41) is 19.9. The van der Waals surface area contributed by atoms with Crippen LogP contribution in [0.25, 0.3) is 11.3 Å². The summed E-state index contributed by atoms with van der Waals surface area (Å²) < 4.78 is 43.8. The number of aromatic nitrogens is 1. The van der Waals surface area contributed by atoms with Crippen LogP contribution in [0.3, 0.4) is 0 Å². The van der Waals surface area contributed by atoms with Crippen molar-refractivity contribution < 1.29 is 32.7 Å². The Kier molecular flexibility index (Phi) is 4.40. The SMILES string of the molecule is COc1ccc(-c2ncc([N+](=O)[O-])cc2C(=O)O)cc1C(F)(F)F. The van der Waals surface area contributed by atoms with Crippen LogP contribution in [0.5, 0.6) is 5.75 Å². The predicted molar refractivity (Wildman–Crippen MR) is 74.8 cm³/mol. The predicted octanol–water partition coefficient (Wildman–Crippen LogP) is 3.38. The van der Waals surface area contributed by atoms with Gasteiger partial charge in [0.1, 0.15) is 11.9 Å². The fourth-order valence-corrected chi connectivity index (χ4v) is 2.02. The van der Waals surface area contributed by atoms with E-state index in [1.165, 1.54) is 6.07 Å². The van der Waals surface area contributed by atoms with Gasteiger partial charge in [-0.05, 0) is 18.2 Å². The summed E-state index contributed by atoms with van der Waals surface area (Å²) in [5.74, 6) is -1.99. The van der Waals surface area contributed by atoms with Crippen LogP contribution in [-0.4, -0.2) is 28.1 Å². The first-order valence-electron chi connectivity index (χ1n) is 6.28. The number of carbonyl (C=O) groups is 1. The Morgan fingerprint density at radius 1 is 1.33 bits per heavy atom. The van der Waals surface area contributed by atoms with Crippen LogP contribution in [0.1, 0.15) is 15.9 Å². The second kappa shape index (κ2) is 6.14. The molecule has 0 spiro atoms. The van der Waals surface area contributed by atoms with Crippen molar-refractivity contribution in [1.82, 2.24) is 4.98 Å². The minimum absolute atomic E-state index is 0.157. The van der Waals surface area contributed by atoms with E-state index in [0.717, 1.165) is 25.4 Å². The van der Waals surface area contributed by atoms with Gasteiger partial charge >= 0.3 is 12.1 Å². The number of halogens is 3. The molecule has 0 unspecified atom stereocenters. The molecule has 0 aliphatic heterocycles. The van der Waals surface area contributed by atoms with Crippen molar-refractivity contribution in [2.45, 2.75) is 6.18 Å². The van der Waals surface area contributed by atoms with E-state index in [1.807, 2.05) is 0 Å². The molecule has 126 valence electrons. The van der Waals surface area contributed by atoms with Crippen molar-refractivity contribution in [2.24, 2.45) is 0 Å². The molecule has 2 aromatic rings. The number of alkyl halides is 3. The Hall–Kier alpha value is -3.17. The number of nitrogens with zero attached hydrogens (tertiary/aromatic N) is 2. The lowest BCUT2D eigenvalue weighted by molar-refractivity contribution is -0.385. The summed E-state index contributed by atoms with van der Waals surface area (Å²) in [6, 6.07) is 3.63. The maximum Gasteiger partial charge on any atom is 0.419 e. The first-order chi connectivity index (χ1) is 11.1. The fraction of sp³-hybridized carbons (Fsp3) is 0.143. The molecule has 0 fully saturated rings. The molecule has 0 saturated carbocycles. The van der Waals surface area contributed by atoms with Crippen LogP contribution in [0.2, 0.25) is 0 Å². The molecule has 24 heavy (non-hydrogen) atoms. The van der Waals surface area contributed by atoms with Gasteiger partial charge in [0, 0.05) is 11.6 Å². The summed E-state index contributed by atoms with van der Waals surface area (Å²) in [5.41, 5.74) is -2.75. The van der Waals surface area contributed by atoms with Gasteiger partial charge in [-0.2, -0.15) is 13.2 Å². The highest BCUT2D eigenvalue weighted by atomic mass is 19.4. The van der Waals surface area contributed by atoms with Crippen molar-refractivity contribution in [3.63, 3.8) is 0 Å². The van der Waals surface area contributed by atoms with E-state index in [-0.39, 0.29) is 11.3 Å². The van der Waals surface area contributed by atoms with Gasteiger partial charge in [-0.25, -0.2) is 9.78 Å². The zero-order valence-electron chi connectivity index (χ0n) is 12.0. The molecule has 10 heteroatoms. The number of ether oxygens (including phenoxy) is 1.